The highest BCUT2D eigenvalue weighted by atomic mass is 16.5. The molecule has 0 radical (unpaired) electrons. The number of hydrogen-bond acceptors (Lipinski definition) is 3. The molecule has 92 valence electrons. The summed E-state index contributed by atoms with van der Waals surface area (Å²) in [5, 5.41) is 0. The van der Waals surface area contributed by atoms with E-state index in [9.17, 15) is 9.59 Å². The molecule has 1 saturated heterocycles. The highest BCUT2D eigenvalue weighted by Crippen LogP contribution is 2.27. The van der Waals surface area contributed by atoms with Crippen LogP contribution in [-0.2, 0) is 14.3 Å². The van der Waals surface area contributed by atoms with Crippen molar-refractivity contribution in [1.29, 1.82) is 0 Å². The first kappa shape index (κ1) is 13.0. The Labute approximate surface area is 96.9 Å². The average Bonchev–Trinajstić information content (AvgIpc) is 2.61. The van der Waals surface area contributed by atoms with E-state index in [2.05, 4.69) is 13.8 Å². The highest BCUT2D eigenvalue weighted by Gasteiger charge is 2.41. The molecule has 0 aliphatic carbocycles. The Morgan fingerprint density at radius 2 is 2.19 bits per heavy atom. The maximum atomic E-state index is 11.8. The number of likely N-dealkylation sites (tertiary alicyclic amines) is 1. The second kappa shape index (κ2) is 5.32. The zero-order valence-electron chi connectivity index (χ0n) is 10.5. The summed E-state index contributed by atoms with van der Waals surface area (Å²) >= 11 is 0. The van der Waals surface area contributed by atoms with Crippen LogP contribution in [-0.4, -0.2) is 36.0 Å². The van der Waals surface area contributed by atoms with Crippen LogP contribution in [0.1, 0.15) is 40.0 Å². The number of ether oxygens (including phenoxy) is 1. The number of nitrogens with zero attached hydrogens (tertiary/aromatic N) is 1. The molecule has 0 saturated carbocycles. The van der Waals surface area contributed by atoms with Crippen molar-refractivity contribution in [3.05, 3.63) is 0 Å². The second-order valence-electron chi connectivity index (χ2n) is 4.60. The van der Waals surface area contributed by atoms with E-state index in [1.807, 2.05) is 6.92 Å². The van der Waals surface area contributed by atoms with Gasteiger partial charge in [-0.3, -0.25) is 4.79 Å². The van der Waals surface area contributed by atoms with E-state index in [-0.39, 0.29) is 24.0 Å². The average molecular weight is 227 g/mol. The molecule has 4 heteroatoms. The molecule has 0 spiro atoms. The van der Waals surface area contributed by atoms with Crippen molar-refractivity contribution < 1.29 is 14.3 Å². The number of amides is 1. The molecule has 4 nitrogen and oxygen atoms in total. The van der Waals surface area contributed by atoms with Gasteiger partial charge >= 0.3 is 5.97 Å². The monoisotopic (exact) mass is 227 g/mol. The van der Waals surface area contributed by atoms with E-state index >= 15 is 0 Å². The normalized spacial score (nSPS) is 22.7. The molecule has 0 aromatic carbocycles. The van der Waals surface area contributed by atoms with E-state index in [0.717, 1.165) is 6.42 Å². The largest absolute Gasteiger partial charge is 0.467 e. The van der Waals surface area contributed by atoms with Crippen LogP contribution in [0.5, 0.6) is 0 Å². The number of rotatable bonds is 4. The van der Waals surface area contributed by atoms with E-state index in [4.69, 9.17) is 4.74 Å². The fourth-order valence-corrected chi connectivity index (χ4v) is 2.48. The minimum Gasteiger partial charge on any atom is -0.467 e. The predicted molar refractivity (Wildman–Crippen MR) is 60.8 cm³/mol. The maximum Gasteiger partial charge on any atom is 0.328 e. The van der Waals surface area contributed by atoms with Crippen LogP contribution in [0.3, 0.4) is 0 Å². The van der Waals surface area contributed by atoms with Gasteiger partial charge in [-0.25, -0.2) is 4.79 Å². The van der Waals surface area contributed by atoms with E-state index in [1.54, 1.807) is 4.90 Å². The highest BCUT2D eigenvalue weighted by molar-refractivity contribution is 5.88. The molecule has 1 amide bonds. The number of esters is 1. The number of methoxy groups -OCH3 is 1. The van der Waals surface area contributed by atoms with Gasteiger partial charge in [0.25, 0.3) is 0 Å². The summed E-state index contributed by atoms with van der Waals surface area (Å²) in [4.78, 5) is 25.2. The van der Waals surface area contributed by atoms with Crippen LogP contribution in [0.25, 0.3) is 0 Å². The van der Waals surface area contributed by atoms with Gasteiger partial charge in [0.15, 0.2) is 0 Å². The zero-order valence-corrected chi connectivity index (χ0v) is 10.5. The molecule has 0 aromatic rings. The van der Waals surface area contributed by atoms with E-state index in [1.165, 1.54) is 7.11 Å². The van der Waals surface area contributed by atoms with E-state index < -0.39 is 0 Å². The van der Waals surface area contributed by atoms with Crippen molar-refractivity contribution in [3.63, 3.8) is 0 Å². The van der Waals surface area contributed by atoms with Crippen LogP contribution in [0.4, 0.5) is 0 Å². The van der Waals surface area contributed by atoms with Gasteiger partial charge in [-0.1, -0.05) is 20.8 Å². The van der Waals surface area contributed by atoms with Crippen molar-refractivity contribution in [2.45, 2.75) is 52.1 Å². The molecule has 2 unspecified atom stereocenters. The summed E-state index contributed by atoms with van der Waals surface area (Å²) in [5.41, 5.74) is 0. The first-order valence-electron chi connectivity index (χ1n) is 5.91. The minimum atomic E-state index is -0.371. The number of carbonyl (C=O) groups is 2. The molecule has 1 aliphatic rings. The van der Waals surface area contributed by atoms with Crippen LogP contribution in [0, 0.1) is 5.92 Å². The number of carbonyl (C=O) groups excluding carboxylic acids is 2. The molecule has 1 heterocycles. The first-order chi connectivity index (χ1) is 7.52. The van der Waals surface area contributed by atoms with Crippen molar-refractivity contribution in [2.24, 2.45) is 5.92 Å². The van der Waals surface area contributed by atoms with Gasteiger partial charge in [0.1, 0.15) is 6.04 Å². The fraction of sp³-hybridized carbons (Fsp3) is 0.833. The fourth-order valence-electron chi connectivity index (χ4n) is 2.48. The third-order valence-corrected chi connectivity index (χ3v) is 3.27. The quantitative estimate of drug-likeness (QED) is 0.685. The maximum absolute atomic E-state index is 11.8. The summed E-state index contributed by atoms with van der Waals surface area (Å²) in [7, 11) is 1.37. The molecule has 16 heavy (non-hydrogen) atoms. The minimum absolute atomic E-state index is 0.0796. The first-order valence-corrected chi connectivity index (χ1v) is 5.91. The molecular weight excluding hydrogens is 206 g/mol. The van der Waals surface area contributed by atoms with Crippen LogP contribution in [0.15, 0.2) is 0 Å². The molecule has 0 N–H and O–H groups in total. The molecule has 0 bridgehead atoms. The van der Waals surface area contributed by atoms with Crippen molar-refractivity contribution in [3.8, 4) is 0 Å². The Morgan fingerprint density at radius 1 is 1.56 bits per heavy atom. The lowest BCUT2D eigenvalue weighted by molar-refractivity contribution is -0.151. The molecule has 1 fully saturated rings. The lowest BCUT2D eigenvalue weighted by atomic mass is 9.99. The zero-order chi connectivity index (χ0) is 12.3. The molecule has 1 rings (SSSR count). The Kier molecular flexibility index (Phi) is 4.33. The lowest BCUT2D eigenvalue weighted by Gasteiger charge is -2.34. The summed E-state index contributed by atoms with van der Waals surface area (Å²) in [6.07, 6.45) is 1.93. The molecule has 0 aromatic heterocycles. The smallest absolute Gasteiger partial charge is 0.328 e. The topological polar surface area (TPSA) is 46.6 Å². The SMILES string of the molecule is CCC(C(C)C)N1C(=O)CCC1C(=O)OC. The van der Waals surface area contributed by atoms with Gasteiger partial charge in [0, 0.05) is 12.5 Å². The number of hydrogen-bond donors (Lipinski definition) is 0. The summed E-state index contributed by atoms with van der Waals surface area (Å²) in [6.45, 7) is 6.20. The molecule has 1 aliphatic heterocycles. The van der Waals surface area contributed by atoms with Gasteiger partial charge < -0.3 is 9.64 Å². The molecular formula is C12H21NO3. The van der Waals surface area contributed by atoms with Gasteiger partial charge in [-0.15, -0.1) is 0 Å². The van der Waals surface area contributed by atoms with Crippen molar-refractivity contribution in [1.82, 2.24) is 4.90 Å². The lowest BCUT2D eigenvalue weighted by Crippen LogP contribution is -2.48. The van der Waals surface area contributed by atoms with Crippen molar-refractivity contribution in [2.75, 3.05) is 7.11 Å². The van der Waals surface area contributed by atoms with Crippen LogP contribution < -0.4 is 0 Å². The van der Waals surface area contributed by atoms with Crippen LogP contribution >= 0.6 is 0 Å². The third-order valence-electron chi connectivity index (χ3n) is 3.27. The van der Waals surface area contributed by atoms with Gasteiger partial charge in [-0.05, 0) is 18.8 Å². The Hall–Kier alpha value is -1.06. The summed E-state index contributed by atoms with van der Waals surface area (Å²) < 4.78 is 4.75. The van der Waals surface area contributed by atoms with Gasteiger partial charge in [0.05, 0.1) is 7.11 Å². The predicted octanol–water partition coefficient (Wildman–Crippen LogP) is 1.58. The summed E-state index contributed by atoms with van der Waals surface area (Å²) in [5.74, 6) is 0.153. The van der Waals surface area contributed by atoms with Gasteiger partial charge in [-0.2, -0.15) is 0 Å². The Balaban J connectivity index is 2.88. The van der Waals surface area contributed by atoms with Crippen LogP contribution in [0.2, 0.25) is 0 Å². The van der Waals surface area contributed by atoms with E-state index in [0.29, 0.717) is 18.8 Å². The Morgan fingerprint density at radius 3 is 2.62 bits per heavy atom. The third kappa shape index (κ3) is 2.36. The Bertz CT molecular complexity index is 275. The second-order valence-corrected chi connectivity index (χ2v) is 4.60. The summed E-state index contributed by atoms with van der Waals surface area (Å²) in [6, 6.07) is -0.232. The molecule has 2 atom stereocenters. The standard InChI is InChI=1S/C12H21NO3/c1-5-9(8(2)3)13-10(12(15)16-4)6-7-11(13)14/h8-10H,5-7H2,1-4H3. The van der Waals surface area contributed by atoms with Crippen molar-refractivity contribution >= 4 is 11.9 Å². The van der Waals surface area contributed by atoms with Gasteiger partial charge in [0.2, 0.25) is 5.91 Å².